The molecular weight excluding hydrogens is 300 g/mol. The van der Waals surface area contributed by atoms with Crippen LogP contribution in [0.25, 0.3) is 44.0 Å². The predicted molar refractivity (Wildman–Crippen MR) is 93.8 cm³/mol. The number of para-hydroxylation sites is 1. The molecule has 0 fully saturated rings. The normalized spacial score (nSPS) is 11.5. The summed E-state index contributed by atoms with van der Waals surface area (Å²) >= 11 is 0. The summed E-state index contributed by atoms with van der Waals surface area (Å²) in [4.78, 5) is 9.35. The minimum Gasteiger partial charge on any atom is -0.508 e. The Bertz CT molecular complexity index is 1210. The quantitative estimate of drug-likeness (QED) is 0.490. The van der Waals surface area contributed by atoms with Crippen molar-refractivity contribution < 1.29 is 5.11 Å². The number of phenols is 1. The average Bonchev–Trinajstić information content (AvgIpc) is 2.98. The number of hydrogen-bond acceptors (Lipinski definition) is 4. The fourth-order valence-electron chi connectivity index (χ4n) is 3.17. The predicted octanol–water partition coefficient (Wildman–Crippen LogP) is 4.03. The van der Waals surface area contributed by atoms with Crippen molar-refractivity contribution in [1.29, 1.82) is 0 Å². The lowest BCUT2D eigenvalue weighted by Crippen LogP contribution is -1.82. The monoisotopic (exact) mass is 312 g/mol. The number of nitrogens with zero attached hydrogens (tertiary/aromatic N) is 3. The van der Waals surface area contributed by atoms with E-state index in [4.69, 9.17) is 4.98 Å². The number of hydrogen-bond donors (Lipinski definition) is 2. The van der Waals surface area contributed by atoms with Crippen LogP contribution in [0.2, 0.25) is 0 Å². The molecule has 0 unspecified atom stereocenters. The Hall–Kier alpha value is -3.47. The Morgan fingerprint density at radius 1 is 0.833 bits per heavy atom. The highest BCUT2D eigenvalue weighted by Gasteiger charge is 2.14. The molecule has 5 heteroatoms. The van der Waals surface area contributed by atoms with E-state index in [0.717, 1.165) is 44.0 Å². The molecule has 0 aliphatic heterocycles. The first-order chi connectivity index (χ1) is 11.8. The van der Waals surface area contributed by atoms with Crippen LogP contribution in [-0.4, -0.2) is 25.3 Å². The maximum atomic E-state index is 9.57. The molecule has 0 saturated heterocycles. The first kappa shape index (κ1) is 13.0. The number of H-pyrrole nitrogens is 1. The molecule has 0 amide bonds. The van der Waals surface area contributed by atoms with Gasteiger partial charge < -0.3 is 5.11 Å². The number of fused-ring (bicyclic) bond motifs is 2. The summed E-state index contributed by atoms with van der Waals surface area (Å²) in [5, 5.41) is 20.8. The van der Waals surface area contributed by atoms with Crippen molar-refractivity contribution in [3.05, 3.63) is 60.9 Å². The Morgan fingerprint density at radius 2 is 1.67 bits per heavy atom. The van der Waals surface area contributed by atoms with E-state index in [9.17, 15) is 5.11 Å². The van der Waals surface area contributed by atoms with Gasteiger partial charge in [-0.1, -0.05) is 18.2 Å². The summed E-state index contributed by atoms with van der Waals surface area (Å²) < 4.78 is 0. The number of nitrogens with one attached hydrogen (secondary N) is 1. The van der Waals surface area contributed by atoms with Gasteiger partial charge in [-0.05, 0) is 30.3 Å². The van der Waals surface area contributed by atoms with Gasteiger partial charge in [0.1, 0.15) is 5.75 Å². The molecule has 0 atom stereocenters. The van der Waals surface area contributed by atoms with E-state index in [0.29, 0.717) is 0 Å². The van der Waals surface area contributed by atoms with Crippen molar-refractivity contribution in [2.24, 2.45) is 0 Å². The summed E-state index contributed by atoms with van der Waals surface area (Å²) in [5.41, 5.74) is 3.40. The molecule has 24 heavy (non-hydrogen) atoms. The van der Waals surface area contributed by atoms with Gasteiger partial charge in [-0.3, -0.25) is 5.10 Å². The van der Waals surface area contributed by atoms with Gasteiger partial charge in [0.2, 0.25) is 0 Å². The molecule has 0 bridgehead atoms. The second-order valence-electron chi connectivity index (χ2n) is 5.70. The van der Waals surface area contributed by atoms with Crippen molar-refractivity contribution in [3.63, 3.8) is 0 Å². The zero-order chi connectivity index (χ0) is 16.1. The molecule has 0 spiro atoms. The number of phenolic OH excluding ortho intramolecular Hbond substituents is 1. The maximum absolute atomic E-state index is 9.57. The highest BCUT2D eigenvalue weighted by atomic mass is 16.3. The van der Waals surface area contributed by atoms with Gasteiger partial charge in [-0.15, -0.1) is 0 Å². The van der Waals surface area contributed by atoms with Crippen LogP contribution in [0.3, 0.4) is 0 Å². The highest BCUT2D eigenvalue weighted by molar-refractivity contribution is 6.19. The maximum Gasteiger partial charge on any atom is 0.154 e. The van der Waals surface area contributed by atoms with E-state index in [-0.39, 0.29) is 5.75 Å². The molecule has 0 aliphatic carbocycles. The van der Waals surface area contributed by atoms with E-state index in [1.54, 1.807) is 12.1 Å². The summed E-state index contributed by atoms with van der Waals surface area (Å²) in [6, 6.07) is 15.1. The Labute approximate surface area is 136 Å². The van der Waals surface area contributed by atoms with E-state index < -0.39 is 0 Å². The largest absolute Gasteiger partial charge is 0.508 e. The Balaban J connectivity index is 2.05. The minimum atomic E-state index is 0.233. The number of aromatic nitrogens is 4. The second kappa shape index (κ2) is 4.76. The third-order valence-electron chi connectivity index (χ3n) is 4.28. The van der Waals surface area contributed by atoms with Crippen molar-refractivity contribution in [2.45, 2.75) is 0 Å². The van der Waals surface area contributed by atoms with E-state index in [2.05, 4.69) is 15.2 Å². The molecule has 3 aromatic heterocycles. The van der Waals surface area contributed by atoms with Gasteiger partial charge in [0.15, 0.2) is 5.65 Å². The van der Waals surface area contributed by atoms with Crippen LogP contribution in [0.5, 0.6) is 5.75 Å². The van der Waals surface area contributed by atoms with E-state index in [1.165, 1.54) is 0 Å². The van der Waals surface area contributed by atoms with E-state index in [1.807, 2.05) is 48.8 Å². The summed E-state index contributed by atoms with van der Waals surface area (Å²) in [6.45, 7) is 0. The standard InChI is InChI=1S/C19H12N4O/c24-12-7-5-11(6-8-12)18-15-9-20-19-17(15)14(10-21-23-19)13-3-1-2-4-16(13)22-18/h1-10,24H,(H,20,23). The number of benzene rings is 2. The van der Waals surface area contributed by atoms with Gasteiger partial charge in [-0.2, -0.15) is 5.10 Å². The molecule has 3 heterocycles. The zero-order valence-electron chi connectivity index (χ0n) is 12.6. The number of aromatic hydroxyl groups is 1. The Morgan fingerprint density at radius 3 is 2.54 bits per heavy atom. The molecule has 5 nitrogen and oxygen atoms in total. The van der Waals surface area contributed by atoms with Crippen LogP contribution >= 0.6 is 0 Å². The number of rotatable bonds is 1. The minimum absolute atomic E-state index is 0.233. The van der Waals surface area contributed by atoms with Crippen molar-refractivity contribution in [2.75, 3.05) is 0 Å². The van der Waals surface area contributed by atoms with Gasteiger partial charge in [0.05, 0.1) is 17.4 Å². The van der Waals surface area contributed by atoms with Crippen LogP contribution in [0, 0.1) is 0 Å². The lowest BCUT2D eigenvalue weighted by Gasteiger charge is -2.00. The molecule has 2 N–H and O–H groups in total. The van der Waals surface area contributed by atoms with Crippen LogP contribution in [0.4, 0.5) is 0 Å². The molecule has 5 aromatic rings. The summed E-state index contributed by atoms with van der Waals surface area (Å²) in [6.07, 6.45) is 3.64. The smallest absolute Gasteiger partial charge is 0.154 e. The van der Waals surface area contributed by atoms with Crippen LogP contribution in [0.1, 0.15) is 0 Å². The second-order valence-corrected chi connectivity index (χ2v) is 5.70. The molecule has 0 radical (unpaired) electrons. The lowest BCUT2D eigenvalue weighted by molar-refractivity contribution is 0.475. The molecule has 114 valence electrons. The third kappa shape index (κ3) is 1.78. The van der Waals surface area contributed by atoms with Crippen LogP contribution in [-0.2, 0) is 0 Å². The fraction of sp³-hybridized carbons (Fsp3) is 0. The zero-order valence-corrected chi connectivity index (χ0v) is 12.6. The van der Waals surface area contributed by atoms with Gasteiger partial charge in [0, 0.05) is 33.3 Å². The molecular formula is C19H12N4O. The SMILES string of the molecule is Oc1ccc(-c2nc3ccccc3c3cn[nH]c4ncc2c43)cc1. The van der Waals surface area contributed by atoms with E-state index >= 15 is 0 Å². The molecule has 0 saturated carbocycles. The highest BCUT2D eigenvalue weighted by Crippen LogP contribution is 2.34. The van der Waals surface area contributed by atoms with Gasteiger partial charge >= 0.3 is 0 Å². The first-order valence-electron chi connectivity index (χ1n) is 7.61. The Kier molecular flexibility index (Phi) is 2.58. The van der Waals surface area contributed by atoms with Crippen molar-refractivity contribution in [1.82, 2.24) is 20.2 Å². The lowest BCUT2D eigenvalue weighted by atomic mass is 10.1. The molecule has 2 aromatic carbocycles. The first-order valence-corrected chi connectivity index (χ1v) is 7.61. The van der Waals surface area contributed by atoms with Crippen LogP contribution < -0.4 is 0 Å². The number of aromatic amines is 1. The third-order valence-corrected chi connectivity index (χ3v) is 4.28. The topological polar surface area (TPSA) is 74.7 Å². The van der Waals surface area contributed by atoms with Crippen molar-refractivity contribution in [3.8, 4) is 17.0 Å². The average molecular weight is 312 g/mol. The fourth-order valence-corrected chi connectivity index (χ4v) is 3.17. The van der Waals surface area contributed by atoms with Crippen LogP contribution in [0.15, 0.2) is 60.9 Å². The van der Waals surface area contributed by atoms with Gasteiger partial charge in [0.25, 0.3) is 0 Å². The summed E-state index contributed by atoms with van der Waals surface area (Å²) in [5.74, 6) is 0.233. The molecule has 0 aliphatic rings. The van der Waals surface area contributed by atoms with Crippen molar-refractivity contribution >= 4 is 32.7 Å². The molecule has 5 rings (SSSR count). The summed E-state index contributed by atoms with van der Waals surface area (Å²) in [7, 11) is 0. The van der Waals surface area contributed by atoms with Gasteiger partial charge in [-0.25, -0.2) is 9.97 Å².